The van der Waals surface area contributed by atoms with E-state index < -0.39 is 0 Å². The van der Waals surface area contributed by atoms with E-state index in [-0.39, 0.29) is 16.5 Å². The number of benzene rings is 1. The van der Waals surface area contributed by atoms with E-state index in [2.05, 4.69) is 5.32 Å². The van der Waals surface area contributed by atoms with Crippen LogP contribution in [0, 0.1) is 0 Å². The minimum Gasteiger partial charge on any atom is -0.339 e. The Bertz CT molecular complexity index is 369. The highest BCUT2D eigenvalue weighted by molar-refractivity contribution is 8.01. The molecule has 0 radical (unpaired) electrons. The summed E-state index contributed by atoms with van der Waals surface area (Å²) in [4.78, 5) is 11.3. The summed E-state index contributed by atoms with van der Waals surface area (Å²) in [6.07, 6.45) is 0. The van der Waals surface area contributed by atoms with Gasteiger partial charge in [0.05, 0.1) is 5.25 Å². The number of hydrogen-bond acceptors (Lipinski definition) is 2. The van der Waals surface area contributed by atoms with Crippen molar-refractivity contribution in [3.8, 4) is 0 Å². The first-order chi connectivity index (χ1) is 6.66. The number of nitrogens with one attached hydrogen (secondary N) is 1. The summed E-state index contributed by atoms with van der Waals surface area (Å²) in [5.74, 6) is 0.0972. The summed E-state index contributed by atoms with van der Waals surface area (Å²) in [6, 6.07) is 7.59. The molecule has 0 saturated carbocycles. The maximum Gasteiger partial charge on any atom is 0.234 e. The van der Waals surface area contributed by atoms with Crippen LogP contribution in [0.4, 0.5) is 0 Å². The van der Waals surface area contributed by atoms with Crippen molar-refractivity contribution in [3.63, 3.8) is 0 Å². The molecule has 1 N–H and O–H groups in total. The van der Waals surface area contributed by atoms with Crippen LogP contribution in [0.15, 0.2) is 24.3 Å². The van der Waals surface area contributed by atoms with Gasteiger partial charge in [0.25, 0.3) is 0 Å². The lowest BCUT2D eigenvalue weighted by molar-refractivity contribution is -0.119. The summed E-state index contributed by atoms with van der Waals surface area (Å²) in [5, 5.41) is 3.70. The molecule has 1 fully saturated rings. The van der Waals surface area contributed by atoms with Gasteiger partial charge in [-0.2, -0.15) is 0 Å². The van der Waals surface area contributed by atoms with Gasteiger partial charge in [-0.3, -0.25) is 4.79 Å². The van der Waals surface area contributed by atoms with E-state index in [1.54, 1.807) is 11.8 Å². The summed E-state index contributed by atoms with van der Waals surface area (Å²) >= 11 is 7.49. The Balaban J connectivity index is 2.21. The molecular weight excluding hydrogens is 218 g/mol. The van der Waals surface area contributed by atoms with Gasteiger partial charge in [-0.05, 0) is 24.6 Å². The van der Waals surface area contributed by atoms with Gasteiger partial charge in [0.15, 0.2) is 0 Å². The number of halogens is 1. The van der Waals surface area contributed by atoms with Crippen LogP contribution < -0.4 is 5.32 Å². The Kier molecular flexibility index (Phi) is 2.70. The topological polar surface area (TPSA) is 29.1 Å². The number of hydrogen-bond donors (Lipinski definition) is 1. The number of thioether (sulfide) groups is 1. The molecule has 2 rings (SSSR count). The van der Waals surface area contributed by atoms with Gasteiger partial charge in [0.1, 0.15) is 5.37 Å². The first kappa shape index (κ1) is 9.87. The van der Waals surface area contributed by atoms with E-state index in [0.29, 0.717) is 5.02 Å². The Morgan fingerprint density at radius 3 is 2.86 bits per heavy atom. The molecule has 0 aliphatic carbocycles. The molecule has 1 amide bonds. The monoisotopic (exact) mass is 227 g/mol. The maximum atomic E-state index is 11.3. The third-order valence-electron chi connectivity index (χ3n) is 2.13. The average molecular weight is 228 g/mol. The first-order valence-corrected chi connectivity index (χ1v) is 5.70. The van der Waals surface area contributed by atoms with E-state index in [1.807, 2.05) is 31.2 Å². The largest absolute Gasteiger partial charge is 0.339 e. The Morgan fingerprint density at radius 2 is 2.29 bits per heavy atom. The van der Waals surface area contributed by atoms with Crippen LogP contribution in [0.1, 0.15) is 17.9 Å². The smallest absolute Gasteiger partial charge is 0.234 e. The molecule has 1 aliphatic heterocycles. The predicted molar refractivity (Wildman–Crippen MR) is 59.4 cm³/mol. The lowest BCUT2D eigenvalue weighted by atomic mass is 10.2. The van der Waals surface area contributed by atoms with Crippen molar-refractivity contribution in [1.82, 2.24) is 5.32 Å². The zero-order chi connectivity index (χ0) is 10.1. The van der Waals surface area contributed by atoms with Crippen LogP contribution in [-0.4, -0.2) is 11.2 Å². The average Bonchev–Trinajstić information content (AvgIpc) is 2.47. The minimum absolute atomic E-state index is 0.0268. The fourth-order valence-electron chi connectivity index (χ4n) is 1.38. The molecule has 0 spiro atoms. The van der Waals surface area contributed by atoms with Gasteiger partial charge in [-0.15, -0.1) is 11.8 Å². The summed E-state index contributed by atoms with van der Waals surface area (Å²) < 4.78 is 0. The molecule has 0 bridgehead atoms. The summed E-state index contributed by atoms with van der Waals surface area (Å²) in [6.45, 7) is 1.91. The van der Waals surface area contributed by atoms with Gasteiger partial charge < -0.3 is 5.32 Å². The number of carbonyl (C=O) groups is 1. The zero-order valence-electron chi connectivity index (χ0n) is 7.66. The SMILES string of the molecule is C[C@H]1S[C@@H](c2cccc(Cl)c2)NC1=O. The summed E-state index contributed by atoms with van der Waals surface area (Å²) in [7, 11) is 0. The normalized spacial score (nSPS) is 26.3. The molecule has 0 aromatic heterocycles. The lowest BCUT2D eigenvalue weighted by Gasteiger charge is -2.09. The van der Waals surface area contributed by atoms with Gasteiger partial charge in [0, 0.05) is 5.02 Å². The van der Waals surface area contributed by atoms with Gasteiger partial charge >= 0.3 is 0 Å². The second kappa shape index (κ2) is 3.83. The minimum atomic E-state index is 0.0268. The van der Waals surface area contributed by atoms with E-state index in [9.17, 15) is 4.79 Å². The quantitative estimate of drug-likeness (QED) is 0.799. The Hall–Kier alpha value is -0.670. The first-order valence-electron chi connectivity index (χ1n) is 4.38. The molecule has 4 heteroatoms. The number of rotatable bonds is 1. The van der Waals surface area contributed by atoms with E-state index in [4.69, 9.17) is 11.6 Å². The van der Waals surface area contributed by atoms with Gasteiger partial charge in [0.2, 0.25) is 5.91 Å². The third kappa shape index (κ3) is 1.88. The molecule has 1 saturated heterocycles. The fourth-order valence-corrected chi connectivity index (χ4v) is 2.66. The molecule has 2 nitrogen and oxygen atoms in total. The highest BCUT2D eigenvalue weighted by Crippen LogP contribution is 2.35. The van der Waals surface area contributed by atoms with Crippen LogP contribution in [0.5, 0.6) is 0 Å². The zero-order valence-corrected chi connectivity index (χ0v) is 9.23. The molecule has 1 aromatic carbocycles. The van der Waals surface area contributed by atoms with E-state index in [1.165, 1.54) is 0 Å². The van der Waals surface area contributed by atoms with Crippen LogP contribution in [0.3, 0.4) is 0 Å². The van der Waals surface area contributed by atoms with Crippen molar-refractivity contribution in [3.05, 3.63) is 34.9 Å². The van der Waals surface area contributed by atoms with Crippen LogP contribution in [0.2, 0.25) is 5.02 Å². The standard InChI is InChI=1S/C10H10ClNOS/c1-6-9(13)12-10(14-6)7-3-2-4-8(11)5-7/h2-6,10H,1H3,(H,12,13)/t6-,10+/m1/s1. The Morgan fingerprint density at radius 1 is 1.50 bits per heavy atom. The van der Waals surface area contributed by atoms with E-state index >= 15 is 0 Å². The molecule has 1 aliphatic rings. The highest BCUT2D eigenvalue weighted by atomic mass is 35.5. The molecule has 1 heterocycles. The van der Waals surface area contributed by atoms with Crippen molar-refractivity contribution >= 4 is 29.3 Å². The van der Waals surface area contributed by atoms with Gasteiger partial charge in [-0.1, -0.05) is 23.7 Å². The Labute approximate surface area is 92.0 Å². The predicted octanol–water partition coefficient (Wildman–Crippen LogP) is 2.59. The van der Waals surface area contributed by atoms with Crippen LogP contribution >= 0.6 is 23.4 Å². The molecular formula is C10H10ClNOS. The molecule has 2 atom stereocenters. The van der Waals surface area contributed by atoms with Gasteiger partial charge in [-0.25, -0.2) is 0 Å². The van der Waals surface area contributed by atoms with Crippen molar-refractivity contribution in [2.75, 3.05) is 0 Å². The third-order valence-corrected chi connectivity index (χ3v) is 3.65. The molecule has 74 valence electrons. The van der Waals surface area contributed by atoms with Crippen molar-refractivity contribution in [2.45, 2.75) is 17.5 Å². The number of carbonyl (C=O) groups excluding carboxylic acids is 1. The molecule has 14 heavy (non-hydrogen) atoms. The summed E-state index contributed by atoms with van der Waals surface area (Å²) in [5.41, 5.74) is 1.06. The maximum absolute atomic E-state index is 11.3. The second-order valence-electron chi connectivity index (χ2n) is 3.22. The van der Waals surface area contributed by atoms with Crippen molar-refractivity contribution < 1.29 is 4.79 Å². The highest BCUT2D eigenvalue weighted by Gasteiger charge is 2.29. The molecule has 1 aromatic rings. The van der Waals surface area contributed by atoms with Crippen LogP contribution in [-0.2, 0) is 4.79 Å². The number of amides is 1. The van der Waals surface area contributed by atoms with E-state index in [0.717, 1.165) is 5.56 Å². The van der Waals surface area contributed by atoms with Crippen LogP contribution in [0.25, 0.3) is 0 Å². The second-order valence-corrected chi connectivity index (χ2v) is 5.11. The van der Waals surface area contributed by atoms with Crippen molar-refractivity contribution in [1.29, 1.82) is 0 Å². The molecule has 0 unspecified atom stereocenters. The fraction of sp³-hybridized carbons (Fsp3) is 0.300. The lowest BCUT2D eigenvalue weighted by Crippen LogP contribution is -2.22. The van der Waals surface area contributed by atoms with Crippen molar-refractivity contribution in [2.24, 2.45) is 0 Å².